The van der Waals surface area contributed by atoms with E-state index in [-0.39, 0.29) is 11.8 Å². The molecule has 0 unspecified atom stereocenters. The summed E-state index contributed by atoms with van der Waals surface area (Å²) in [5, 5.41) is 2.88. The van der Waals surface area contributed by atoms with E-state index in [1.807, 2.05) is 18.2 Å². The highest BCUT2D eigenvalue weighted by molar-refractivity contribution is 5.97. The van der Waals surface area contributed by atoms with Gasteiger partial charge in [-0.05, 0) is 36.2 Å². The third-order valence-corrected chi connectivity index (χ3v) is 4.10. The molecule has 6 nitrogen and oxygen atoms in total. The standard InChI is InChI=1S/C18H19N3O3/c1-12(22)21-9-7-13-10-14(5-6-16(13)21)17(23)20-11-15-4-3-8-19-18(15)24-2/h3-6,8,10H,7,9,11H2,1-2H3,(H,20,23). The molecule has 0 fully saturated rings. The lowest BCUT2D eigenvalue weighted by Gasteiger charge is -2.15. The van der Waals surface area contributed by atoms with Gasteiger partial charge in [-0.2, -0.15) is 0 Å². The third kappa shape index (κ3) is 3.08. The van der Waals surface area contributed by atoms with E-state index in [9.17, 15) is 9.59 Å². The van der Waals surface area contributed by atoms with Gasteiger partial charge in [-0.15, -0.1) is 0 Å². The summed E-state index contributed by atoms with van der Waals surface area (Å²) in [5.41, 5.74) is 3.32. The molecule has 1 aromatic carbocycles. The molecule has 1 aromatic heterocycles. The number of carbonyl (C=O) groups excluding carboxylic acids is 2. The number of nitrogens with one attached hydrogen (secondary N) is 1. The van der Waals surface area contributed by atoms with Crippen LogP contribution in [0.15, 0.2) is 36.5 Å². The van der Waals surface area contributed by atoms with Crippen molar-refractivity contribution in [2.75, 3.05) is 18.6 Å². The highest BCUT2D eigenvalue weighted by Crippen LogP contribution is 2.28. The molecule has 0 aliphatic carbocycles. The number of hydrogen-bond acceptors (Lipinski definition) is 4. The number of carbonyl (C=O) groups is 2. The van der Waals surface area contributed by atoms with Crippen molar-refractivity contribution in [2.24, 2.45) is 0 Å². The summed E-state index contributed by atoms with van der Waals surface area (Å²) in [4.78, 5) is 29.8. The Morgan fingerprint density at radius 3 is 2.92 bits per heavy atom. The second-order valence-electron chi connectivity index (χ2n) is 5.62. The van der Waals surface area contributed by atoms with Crippen LogP contribution < -0.4 is 15.0 Å². The van der Waals surface area contributed by atoms with Crippen molar-refractivity contribution in [1.29, 1.82) is 0 Å². The van der Waals surface area contributed by atoms with Crippen molar-refractivity contribution < 1.29 is 14.3 Å². The first-order valence-electron chi connectivity index (χ1n) is 7.77. The summed E-state index contributed by atoms with van der Waals surface area (Å²) in [7, 11) is 1.55. The number of methoxy groups -OCH3 is 1. The quantitative estimate of drug-likeness (QED) is 0.932. The summed E-state index contributed by atoms with van der Waals surface area (Å²) in [6.45, 7) is 2.56. The molecule has 6 heteroatoms. The number of benzene rings is 1. The average Bonchev–Trinajstić information content (AvgIpc) is 3.03. The molecule has 2 heterocycles. The molecule has 1 N–H and O–H groups in total. The van der Waals surface area contributed by atoms with E-state index in [4.69, 9.17) is 4.74 Å². The Labute approximate surface area is 140 Å². The zero-order chi connectivity index (χ0) is 17.1. The lowest BCUT2D eigenvalue weighted by Crippen LogP contribution is -2.26. The minimum Gasteiger partial charge on any atom is -0.481 e. The van der Waals surface area contributed by atoms with Crippen molar-refractivity contribution in [1.82, 2.24) is 10.3 Å². The zero-order valence-corrected chi connectivity index (χ0v) is 13.7. The minimum absolute atomic E-state index is 0.0228. The maximum absolute atomic E-state index is 12.4. The highest BCUT2D eigenvalue weighted by Gasteiger charge is 2.23. The van der Waals surface area contributed by atoms with E-state index < -0.39 is 0 Å². The third-order valence-electron chi connectivity index (χ3n) is 4.10. The predicted octanol–water partition coefficient (Wildman–Crippen LogP) is 1.93. The number of pyridine rings is 1. The second kappa shape index (κ2) is 6.70. The molecule has 1 aliphatic heterocycles. The number of hydrogen-bond donors (Lipinski definition) is 1. The van der Waals surface area contributed by atoms with Crippen molar-refractivity contribution in [3.05, 3.63) is 53.2 Å². The SMILES string of the molecule is COc1ncccc1CNC(=O)c1ccc2c(c1)CCN2C(C)=O. The van der Waals surface area contributed by atoms with E-state index in [0.717, 1.165) is 23.2 Å². The van der Waals surface area contributed by atoms with Gasteiger partial charge >= 0.3 is 0 Å². The Bertz CT molecular complexity index is 789. The maximum atomic E-state index is 12.4. The average molecular weight is 325 g/mol. The van der Waals surface area contributed by atoms with Crippen LogP contribution in [0.2, 0.25) is 0 Å². The van der Waals surface area contributed by atoms with Crippen LogP contribution in [0.5, 0.6) is 5.88 Å². The van der Waals surface area contributed by atoms with Gasteiger partial charge < -0.3 is 15.0 Å². The van der Waals surface area contributed by atoms with E-state index in [1.54, 1.807) is 37.3 Å². The Balaban J connectivity index is 1.71. The van der Waals surface area contributed by atoms with Crippen LogP contribution in [0.4, 0.5) is 5.69 Å². The Hall–Kier alpha value is -2.89. The van der Waals surface area contributed by atoms with Crippen LogP contribution in [0.25, 0.3) is 0 Å². The summed E-state index contributed by atoms with van der Waals surface area (Å²) in [5.74, 6) is 0.364. The number of aromatic nitrogens is 1. The van der Waals surface area contributed by atoms with Crippen LogP contribution in [-0.2, 0) is 17.8 Å². The molecule has 1 aliphatic rings. The van der Waals surface area contributed by atoms with E-state index in [0.29, 0.717) is 24.5 Å². The predicted molar refractivity (Wildman–Crippen MR) is 90.1 cm³/mol. The molecule has 0 atom stereocenters. The zero-order valence-electron chi connectivity index (χ0n) is 13.7. The molecule has 2 amide bonds. The van der Waals surface area contributed by atoms with Gasteiger partial charge in [0.05, 0.1) is 7.11 Å². The van der Waals surface area contributed by atoms with Crippen LogP contribution in [-0.4, -0.2) is 30.5 Å². The fraction of sp³-hybridized carbons (Fsp3) is 0.278. The van der Waals surface area contributed by atoms with E-state index in [2.05, 4.69) is 10.3 Å². The lowest BCUT2D eigenvalue weighted by atomic mass is 10.1. The van der Waals surface area contributed by atoms with Crippen LogP contribution >= 0.6 is 0 Å². The summed E-state index contributed by atoms with van der Waals surface area (Å²) < 4.78 is 5.18. The summed E-state index contributed by atoms with van der Waals surface area (Å²) in [6, 6.07) is 9.10. The molecule has 0 saturated carbocycles. The van der Waals surface area contributed by atoms with Gasteiger partial charge in [0.25, 0.3) is 5.91 Å². The minimum atomic E-state index is -0.162. The number of amides is 2. The van der Waals surface area contributed by atoms with Gasteiger partial charge in [0.15, 0.2) is 0 Å². The highest BCUT2D eigenvalue weighted by atomic mass is 16.5. The topological polar surface area (TPSA) is 71.5 Å². The molecule has 0 radical (unpaired) electrons. The van der Waals surface area contributed by atoms with Crippen LogP contribution in [0, 0.1) is 0 Å². The van der Waals surface area contributed by atoms with Gasteiger partial charge in [0, 0.05) is 43.0 Å². The number of fused-ring (bicyclic) bond motifs is 1. The lowest BCUT2D eigenvalue weighted by molar-refractivity contribution is -0.116. The smallest absolute Gasteiger partial charge is 0.251 e. The van der Waals surface area contributed by atoms with Gasteiger partial charge in [0.2, 0.25) is 11.8 Å². The summed E-state index contributed by atoms with van der Waals surface area (Å²) >= 11 is 0. The molecule has 0 bridgehead atoms. The molecule has 0 spiro atoms. The first-order chi connectivity index (χ1) is 11.6. The molecule has 24 heavy (non-hydrogen) atoms. The Morgan fingerprint density at radius 1 is 1.33 bits per heavy atom. The largest absolute Gasteiger partial charge is 0.481 e. The fourth-order valence-corrected chi connectivity index (χ4v) is 2.89. The van der Waals surface area contributed by atoms with E-state index in [1.165, 1.54) is 0 Å². The van der Waals surface area contributed by atoms with Crippen molar-refractivity contribution in [3.8, 4) is 5.88 Å². The maximum Gasteiger partial charge on any atom is 0.251 e. The number of anilines is 1. The van der Waals surface area contributed by atoms with Crippen LogP contribution in [0.3, 0.4) is 0 Å². The first kappa shape index (κ1) is 16.0. The fourth-order valence-electron chi connectivity index (χ4n) is 2.89. The molecular formula is C18H19N3O3. The molecule has 2 aromatic rings. The Kier molecular flexibility index (Phi) is 4.46. The van der Waals surface area contributed by atoms with E-state index >= 15 is 0 Å². The van der Waals surface area contributed by atoms with Gasteiger partial charge in [-0.3, -0.25) is 9.59 Å². The molecular weight excluding hydrogens is 306 g/mol. The first-order valence-corrected chi connectivity index (χ1v) is 7.77. The Morgan fingerprint density at radius 2 is 2.17 bits per heavy atom. The number of ether oxygens (including phenoxy) is 1. The molecule has 0 saturated heterocycles. The monoisotopic (exact) mass is 325 g/mol. The van der Waals surface area contributed by atoms with Crippen molar-refractivity contribution >= 4 is 17.5 Å². The van der Waals surface area contributed by atoms with Gasteiger partial charge in [-0.1, -0.05) is 6.07 Å². The second-order valence-corrected chi connectivity index (χ2v) is 5.62. The van der Waals surface area contributed by atoms with Gasteiger partial charge in [0.1, 0.15) is 0 Å². The number of rotatable bonds is 4. The number of nitrogens with zero attached hydrogens (tertiary/aromatic N) is 2. The van der Waals surface area contributed by atoms with Crippen molar-refractivity contribution in [2.45, 2.75) is 19.9 Å². The molecule has 124 valence electrons. The summed E-state index contributed by atoms with van der Waals surface area (Å²) in [6.07, 6.45) is 2.41. The molecule has 3 rings (SSSR count). The van der Waals surface area contributed by atoms with Crippen LogP contribution in [0.1, 0.15) is 28.4 Å². The van der Waals surface area contributed by atoms with Crippen molar-refractivity contribution in [3.63, 3.8) is 0 Å². The normalized spacial score (nSPS) is 12.7. The van der Waals surface area contributed by atoms with Gasteiger partial charge in [-0.25, -0.2) is 4.98 Å².